The van der Waals surface area contributed by atoms with Crippen LogP contribution in [0.2, 0.25) is 0 Å². The second-order valence-electron chi connectivity index (χ2n) is 6.63. The average molecular weight is 395 g/mol. The van der Waals surface area contributed by atoms with Crippen LogP contribution in [-0.4, -0.2) is 34.0 Å². The number of ether oxygens (including phenoxy) is 1. The minimum Gasteiger partial charge on any atom is -0.479 e. The van der Waals surface area contributed by atoms with Gasteiger partial charge in [0, 0.05) is 24.6 Å². The van der Waals surface area contributed by atoms with Crippen LogP contribution in [0.1, 0.15) is 28.7 Å². The number of amides is 2. The third kappa shape index (κ3) is 4.99. The lowest BCUT2D eigenvalue weighted by Crippen LogP contribution is -2.41. The SMILES string of the molecule is Cc1ccc2c(c1)/C(=N\O)CC(C(=O)NCc1ccc(/C=C/C(=O)NO)cc1)O2. The fourth-order valence-electron chi connectivity index (χ4n) is 2.95. The highest BCUT2D eigenvalue weighted by molar-refractivity contribution is 6.06. The molecule has 1 aliphatic heterocycles. The van der Waals surface area contributed by atoms with Gasteiger partial charge in [-0.05, 0) is 36.3 Å². The number of aryl methyl sites for hydroxylation is 1. The zero-order valence-electron chi connectivity index (χ0n) is 15.8. The minimum absolute atomic E-state index is 0.176. The molecule has 0 radical (unpaired) electrons. The van der Waals surface area contributed by atoms with Gasteiger partial charge in [-0.2, -0.15) is 0 Å². The van der Waals surface area contributed by atoms with E-state index >= 15 is 0 Å². The Morgan fingerprint density at radius 2 is 2.00 bits per heavy atom. The first kappa shape index (κ1) is 20.1. The Morgan fingerprint density at radius 1 is 1.24 bits per heavy atom. The zero-order valence-corrected chi connectivity index (χ0v) is 15.8. The van der Waals surface area contributed by atoms with Gasteiger partial charge < -0.3 is 15.3 Å². The monoisotopic (exact) mass is 395 g/mol. The average Bonchev–Trinajstić information content (AvgIpc) is 2.75. The van der Waals surface area contributed by atoms with Gasteiger partial charge in [0.05, 0.1) is 5.71 Å². The number of carbonyl (C=O) groups excluding carboxylic acids is 2. The lowest BCUT2D eigenvalue weighted by molar-refractivity contribution is -0.128. The van der Waals surface area contributed by atoms with Gasteiger partial charge in [0.2, 0.25) is 0 Å². The summed E-state index contributed by atoms with van der Waals surface area (Å²) in [5.74, 6) is -0.407. The van der Waals surface area contributed by atoms with E-state index in [9.17, 15) is 14.8 Å². The van der Waals surface area contributed by atoms with E-state index in [1.165, 1.54) is 11.6 Å². The molecule has 150 valence electrons. The van der Waals surface area contributed by atoms with Gasteiger partial charge in [0.25, 0.3) is 11.8 Å². The number of benzene rings is 2. The van der Waals surface area contributed by atoms with Crippen molar-refractivity contribution in [3.05, 3.63) is 70.8 Å². The molecule has 0 aromatic heterocycles. The molecule has 0 bridgehead atoms. The first-order chi connectivity index (χ1) is 14.0. The van der Waals surface area contributed by atoms with Crippen molar-refractivity contribution in [2.75, 3.05) is 0 Å². The lowest BCUT2D eigenvalue weighted by Gasteiger charge is -2.26. The first-order valence-electron chi connectivity index (χ1n) is 8.97. The van der Waals surface area contributed by atoms with Crippen LogP contribution in [0.25, 0.3) is 6.08 Å². The van der Waals surface area contributed by atoms with Crippen molar-refractivity contribution in [2.24, 2.45) is 5.16 Å². The Balaban J connectivity index is 1.60. The summed E-state index contributed by atoms with van der Waals surface area (Å²) >= 11 is 0. The van der Waals surface area contributed by atoms with E-state index in [-0.39, 0.29) is 12.3 Å². The van der Waals surface area contributed by atoms with Gasteiger partial charge in [0.1, 0.15) is 5.75 Å². The molecule has 0 spiro atoms. The number of rotatable bonds is 5. The molecule has 29 heavy (non-hydrogen) atoms. The fourth-order valence-corrected chi connectivity index (χ4v) is 2.95. The van der Waals surface area contributed by atoms with Crippen molar-refractivity contribution in [3.63, 3.8) is 0 Å². The van der Waals surface area contributed by atoms with Gasteiger partial charge in [-0.15, -0.1) is 0 Å². The van der Waals surface area contributed by atoms with E-state index in [4.69, 9.17) is 9.94 Å². The predicted molar refractivity (Wildman–Crippen MR) is 106 cm³/mol. The van der Waals surface area contributed by atoms with Crippen LogP contribution in [0.3, 0.4) is 0 Å². The molecule has 2 aromatic rings. The third-order valence-electron chi connectivity index (χ3n) is 4.49. The molecule has 8 heteroatoms. The molecule has 1 atom stereocenters. The van der Waals surface area contributed by atoms with Crippen LogP contribution < -0.4 is 15.5 Å². The summed E-state index contributed by atoms with van der Waals surface area (Å²) in [6.07, 6.45) is 2.15. The molecule has 1 aliphatic rings. The summed E-state index contributed by atoms with van der Waals surface area (Å²) in [6.45, 7) is 2.22. The van der Waals surface area contributed by atoms with Gasteiger partial charge in [-0.1, -0.05) is 41.1 Å². The fraction of sp³-hybridized carbons (Fsp3) is 0.190. The Bertz CT molecular complexity index is 967. The van der Waals surface area contributed by atoms with E-state index in [1.54, 1.807) is 24.3 Å². The highest BCUT2D eigenvalue weighted by Gasteiger charge is 2.30. The Morgan fingerprint density at radius 3 is 2.69 bits per heavy atom. The third-order valence-corrected chi connectivity index (χ3v) is 4.49. The number of nitrogens with one attached hydrogen (secondary N) is 2. The number of oxime groups is 1. The summed E-state index contributed by atoms with van der Waals surface area (Å²) in [5, 5.41) is 23.9. The van der Waals surface area contributed by atoms with Crippen molar-refractivity contribution in [1.29, 1.82) is 0 Å². The van der Waals surface area contributed by atoms with E-state index in [0.29, 0.717) is 23.6 Å². The Kier molecular flexibility index (Phi) is 6.25. The minimum atomic E-state index is -0.782. The second-order valence-corrected chi connectivity index (χ2v) is 6.63. The largest absolute Gasteiger partial charge is 0.479 e. The molecule has 4 N–H and O–H groups in total. The molecule has 2 amide bonds. The molecular formula is C21H21N3O5. The number of hydrogen-bond donors (Lipinski definition) is 4. The highest BCUT2D eigenvalue weighted by atomic mass is 16.5. The molecule has 0 saturated heterocycles. The topological polar surface area (TPSA) is 120 Å². The smallest absolute Gasteiger partial charge is 0.267 e. The van der Waals surface area contributed by atoms with Crippen LogP contribution in [-0.2, 0) is 16.1 Å². The quantitative estimate of drug-likeness (QED) is 0.268. The molecular weight excluding hydrogens is 374 g/mol. The molecule has 2 aromatic carbocycles. The van der Waals surface area contributed by atoms with E-state index in [1.807, 2.05) is 31.2 Å². The highest BCUT2D eigenvalue weighted by Crippen LogP contribution is 2.29. The maximum atomic E-state index is 12.5. The summed E-state index contributed by atoms with van der Waals surface area (Å²) in [4.78, 5) is 23.5. The van der Waals surface area contributed by atoms with Crippen molar-refractivity contribution in [1.82, 2.24) is 10.8 Å². The predicted octanol–water partition coefficient (Wildman–Crippen LogP) is 2.16. The molecule has 1 unspecified atom stereocenters. The van der Waals surface area contributed by atoms with E-state index in [0.717, 1.165) is 16.7 Å². The first-order valence-corrected chi connectivity index (χ1v) is 8.97. The normalized spacial score (nSPS) is 16.9. The summed E-state index contributed by atoms with van der Waals surface area (Å²) in [7, 11) is 0. The second kappa shape index (κ2) is 9.03. The summed E-state index contributed by atoms with van der Waals surface area (Å²) in [6, 6.07) is 12.7. The van der Waals surface area contributed by atoms with Crippen molar-refractivity contribution in [3.8, 4) is 5.75 Å². The van der Waals surface area contributed by atoms with Crippen molar-refractivity contribution in [2.45, 2.75) is 26.0 Å². The van der Waals surface area contributed by atoms with Crippen LogP contribution in [0.15, 0.2) is 53.7 Å². The van der Waals surface area contributed by atoms with Gasteiger partial charge >= 0.3 is 0 Å². The van der Waals surface area contributed by atoms with Gasteiger partial charge in [-0.3, -0.25) is 14.8 Å². The standard InChI is InChI=1S/C21H21N3O5/c1-13-2-8-18-16(10-13)17(23-27)11-19(29-18)21(26)22-12-15-5-3-14(4-6-15)7-9-20(25)24-28/h2-10,19,27-28H,11-12H2,1H3,(H,22,26)(H,24,25)/b9-7+,23-17-. The van der Waals surface area contributed by atoms with Crippen LogP contribution in [0, 0.1) is 6.92 Å². The molecule has 0 saturated carbocycles. The van der Waals surface area contributed by atoms with Gasteiger partial charge in [-0.25, -0.2) is 5.48 Å². The molecule has 1 heterocycles. The Hall–Kier alpha value is -3.65. The molecule has 0 aliphatic carbocycles. The molecule has 8 nitrogen and oxygen atoms in total. The lowest BCUT2D eigenvalue weighted by atomic mass is 9.98. The van der Waals surface area contributed by atoms with Crippen LogP contribution in [0.5, 0.6) is 5.75 Å². The van der Waals surface area contributed by atoms with Crippen molar-refractivity contribution >= 4 is 23.6 Å². The maximum Gasteiger partial charge on any atom is 0.267 e. The van der Waals surface area contributed by atoms with E-state index in [2.05, 4.69) is 10.5 Å². The number of carbonyl (C=O) groups is 2. The number of hydroxylamine groups is 1. The maximum absolute atomic E-state index is 12.5. The number of nitrogens with zero attached hydrogens (tertiary/aromatic N) is 1. The Labute approximate surface area is 167 Å². The number of hydrogen-bond acceptors (Lipinski definition) is 6. The summed E-state index contributed by atoms with van der Waals surface area (Å²) < 4.78 is 5.78. The van der Waals surface area contributed by atoms with Gasteiger partial charge in [0.15, 0.2) is 6.10 Å². The van der Waals surface area contributed by atoms with Crippen LogP contribution in [0.4, 0.5) is 0 Å². The molecule has 3 rings (SSSR count). The molecule has 0 fully saturated rings. The van der Waals surface area contributed by atoms with E-state index < -0.39 is 12.0 Å². The summed E-state index contributed by atoms with van der Waals surface area (Å²) in [5.41, 5.74) is 5.27. The number of fused-ring (bicyclic) bond motifs is 1. The zero-order chi connectivity index (χ0) is 20.8. The van der Waals surface area contributed by atoms with Crippen molar-refractivity contribution < 1.29 is 24.7 Å². The van der Waals surface area contributed by atoms with Crippen LogP contribution >= 0.6 is 0 Å².